The van der Waals surface area contributed by atoms with Gasteiger partial charge in [0, 0.05) is 35.1 Å². The number of amides is 1. The maximum absolute atomic E-state index is 13.3. The van der Waals surface area contributed by atoms with Crippen molar-refractivity contribution in [3.63, 3.8) is 0 Å². The van der Waals surface area contributed by atoms with Gasteiger partial charge in [-0.15, -0.1) is 0 Å². The molecule has 0 spiro atoms. The van der Waals surface area contributed by atoms with E-state index in [1.807, 2.05) is 12.1 Å². The van der Waals surface area contributed by atoms with E-state index in [4.69, 9.17) is 11.6 Å². The van der Waals surface area contributed by atoms with E-state index in [9.17, 15) is 19.1 Å². The molecule has 4 rings (SSSR count). The van der Waals surface area contributed by atoms with Gasteiger partial charge in [0.1, 0.15) is 17.9 Å². The lowest BCUT2D eigenvalue weighted by molar-refractivity contribution is -0.121. The normalized spacial score (nSPS) is 11.1. The number of hydrogen-bond acceptors (Lipinski definition) is 4. The van der Waals surface area contributed by atoms with Gasteiger partial charge in [-0.2, -0.15) is 5.10 Å². The zero-order valence-corrected chi connectivity index (χ0v) is 17.7. The molecule has 0 aliphatic rings. The van der Waals surface area contributed by atoms with Gasteiger partial charge in [-0.3, -0.25) is 9.59 Å². The van der Waals surface area contributed by atoms with E-state index in [1.54, 1.807) is 18.3 Å². The van der Waals surface area contributed by atoms with Gasteiger partial charge in [-0.25, -0.2) is 8.91 Å². The Bertz CT molecular complexity index is 1310. The van der Waals surface area contributed by atoms with Crippen LogP contribution in [0.1, 0.15) is 11.1 Å². The first-order chi connectivity index (χ1) is 15.5. The SMILES string of the molecule is O=C(Cn1ccn2nc(-c3ccc(F)cc3)c(CO)c2c1=O)NCCc1ccc(Cl)cc1. The minimum absolute atomic E-state index is 0.169. The van der Waals surface area contributed by atoms with Crippen LogP contribution in [-0.2, 0) is 24.4 Å². The number of carbonyl (C=O) groups is 1. The molecule has 0 aliphatic carbocycles. The summed E-state index contributed by atoms with van der Waals surface area (Å²) >= 11 is 5.87. The van der Waals surface area contributed by atoms with Crippen molar-refractivity contribution in [1.82, 2.24) is 19.5 Å². The Hall–Kier alpha value is -3.49. The number of aliphatic hydroxyl groups excluding tert-OH is 1. The molecule has 2 N–H and O–H groups in total. The third-order valence-electron chi connectivity index (χ3n) is 5.10. The molecule has 32 heavy (non-hydrogen) atoms. The summed E-state index contributed by atoms with van der Waals surface area (Å²) in [6.07, 6.45) is 3.65. The number of nitrogens with zero attached hydrogens (tertiary/aromatic N) is 3. The summed E-state index contributed by atoms with van der Waals surface area (Å²) in [4.78, 5) is 25.4. The Morgan fingerprint density at radius 2 is 1.81 bits per heavy atom. The van der Waals surface area contributed by atoms with E-state index in [0.717, 1.165) is 5.56 Å². The molecular formula is C23H20ClFN4O3. The Kier molecular flexibility index (Phi) is 6.34. The van der Waals surface area contributed by atoms with Crippen LogP contribution in [0.3, 0.4) is 0 Å². The lowest BCUT2D eigenvalue weighted by atomic mass is 10.1. The van der Waals surface area contributed by atoms with Gasteiger partial charge in [0.05, 0.1) is 12.3 Å². The van der Waals surface area contributed by atoms with Crippen LogP contribution >= 0.6 is 11.6 Å². The summed E-state index contributed by atoms with van der Waals surface area (Å²) in [6.45, 7) is -0.179. The standard InChI is InChI=1S/C23H20ClFN4O3/c24-17-5-1-15(2-6-17)9-10-26-20(31)13-28-11-12-29-22(23(28)32)19(14-30)21(27-29)16-3-7-18(25)8-4-16/h1-8,11-12,30H,9-10,13-14H2,(H,26,31). The van der Waals surface area contributed by atoms with Crippen LogP contribution in [0.25, 0.3) is 16.8 Å². The fraction of sp³-hybridized carbons (Fsp3) is 0.174. The lowest BCUT2D eigenvalue weighted by Gasteiger charge is -2.08. The summed E-state index contributed by atoms with van der Waals surface area (Å²) < 4.78 is 15.9. The van der Waals surface area contributed by atoms with Crippen LogP contribution in [0, 0.1) is 5.82 Å². The quantitative estimate of drug-likeness (QED) is 0.449. The lowest BCUT2D eigenvalue weighted by Crippen LogP contribution is -2.33. The molecule has 0 aliphatic heterocycles. The molecule has 9 heteroatoms. The number of rotatable bonds is 7. The van der Waals surface area contributed by atoms with E-state index in [2.05, 4.69) is 10.4 Å². The second-order valence-corrected chi connectivity index (χ2v) is 7.68. The van der Waals surface area contributed by atoms with Crippen molar-refractivity contribution in [3.8, 4) is 11.3 Å². The minimum Gasteiger partial charge on any atom is -0.392 e. The monoisotopic (exact) mass is 454 g/mol. The fourth-order valence-electron chi connectivity index (χ4n) is 3.47. The summed E-state index contributed by atoms with van der Waals surface area (Å²) in [5, 5.41) is 17.7. The molecule has 0 saturated heterocycles. The van der Waals surface area contributed by atoms with Crippen LogP contribution in [0.2, 0.25) is 5.02 Å². The molecule has 7 nitrogen and oxygen atoms in total. The number of halogens is 2. The maximum atomic E-state index is 13.3. The fourth-order valence-corrected chi connectivity index (χ4v) is 3.60. The van der Waals surface area contributed by atoms with Crippen molar-refractivity contribution in [2.24, 2.45) is 0 Å². The van der Waals surface area contributed by atoms with Crippen molar-refractivity contribution >= 4 is 23.0 Å². The van der Waals surface area contributed by atoms with Crippen molar-refractivity contribution in [2.75, 3.05) is 6.54 Å². The maximum Gasteiger partial charge on any atom is 0.277 e. The van der Waals surface area contributed by atoms with Gasteiger partial charge in [0.25, 0.3) is 5.56 Å². The number of nitrogens with one attached hydrogen (secondary N) is 1. The van der Waals surface area contributed by atoms with Crippen LogP contribution in [-0.4, -0.2) is 31.7 Å². The number of aromatic nitrogens is 3. The van der Waals surface area contributed by atoms with Crippen LogP contribution in [0.5, 0.6) is 0 Å². The number of aliphatic hydroxyl groups is 1. The Labute approximate surface area is 187 Å². The Morgan fingerprint density at radius 1 is 1.09 bits per heavy atom. The van der Waals surface area contributed by atoms with Crippen molar-refractivity contribution in [2.45, 2.75) is 19.6 Å². The largest absolute Gasteiger partial charge is 0.392 e. The van der Waals surface area contributed by atoms with Gasteiger partial charge in [0.2, 0.25) is 5.91 Å². The molecule has 0 atom stereocenters. The van der Waals surface area contributed by atoms with Gasteiger partial charge in [0.15, 0.2) is 0 Å². The highest BCUT2D eigenvalue weighted by molar-refractivity contribution is 6.30. The van der Waals surface area contributed by atoms with Crippen molar-refractivity contribution in [3.05, 3.63) is 93.2 Å². The molecule has 0 saturated carbocycles. The third kappa shape index (κ3) is 4.56. The van der Waals surface area contributed by atoms with Crippen LogP contribution in [0.4, 0.5) is 4.39 Å². The highest BCUT2D eigenvalue weighted by atomic mass is 35.5. The van der Waals surface area contributed by atoms with Gasteiger partial charge in [-0.1, -0.05) is 23.7 Å². The van der Waals surface area contributed by atoms with Gasteiger partial charge >= 0.3 is 0 Å². The summed E-state index contributed by atoms with van der Waals surface area (Å²) in [7, 11) is 0. The predicted molar refractivity (Wildman–Crippen MR) is 119 cm³/mol. The molecule has 1 amide bonds. The number of carbonyl (C=O) groups excluding carboxylic acids is 1. The molecule has 2 aromatic carbocycles. The zero-order chi connectivity index (χ0) is 22.7. The Balaban J connectivity index is 1.52. The molecule has 164 valence electrons. The van der Waals surface area contributed by atoms with Crippen LogP contribution < -0.4 is 10.9 Å². The van der Waals surface area contributed by atoms with E-state index in [0.29, 0.717) is 34.8 Å². The summed E-state index contributed by atoms with van der Waals surface area (Å²) in [5.74, 6) is -0.707. The molecule has 2 aromatic heterocycles. The minimum atomic E-state index is -0.453. The molecule has 4 aromatic rings. The van der Waals surface area contributed by atoms with Crippen LogP contribution in [0.15, 0.2) is 65.7 Å². The highest BCUT2D eigenvalue weighted by Gasteiger charge is 2.18. The first-order valence-electron chi connectivity index (χ1n) is 9.95. The topological polar surface area (TPSA) is 88.6 Å². The van der Waals surface area contributed by atoms with E-state index in [-0.39, 0.29) is 18.0 Å². The average molecular weight is 455 g/mol. The molecule has 2 heterocycles. The highest BCUT2D eigenvalue weighted by Crippen LogP contribution is 2.25. The summed E-state index contributed by atoms with van der Waals surface area (Å²) in [6, 6.07) is 13.0. The zero-order valence-electron chi connectivity index (χ0n) is 17.0. The van der Waals surface area contributed by atoms with E-state index >= 15 is 0 Å². The third-order valence-corrected chi connectivity index (χ3v) is 5.35. The van der Waals surface area contributed by atoms with Crippen molar-refractivity contribution < 1.29 is 14.3 Å². The molecule has 0 fully saturated rings. The average Bonchev–Trinajstić information content (AvgIpc) is 3.17. The van der Waals surface area contributed by atoms with Gasteiger partial charge < -0.3 is 15.0 Å². The summed E-state index contributed by atoms with van der Waals surface area (Å²) in [5.41, 5.74) is 2.03. The first kappa shape index (κ1) is 21.7. The first-order valence-corrected chi connectivity index (χ1v) is 10.3. The van der Waals surface area contributed by atoms with E-state index < -0.39 is 18.0 Å². The molecule has 0 radical (unpaired) electrons. The van der Waals surface area contributed by atoms with Gasteiger partial charge in [-0.05, 0) is 48.4 Å². The number of hydrogen-bond donors (Lipinski definition) is 2. The van der Waals surface area contributed by atoms with E-state index in [1.165, 1.54) is 39.5 Å². The number of fused-ring (bicyclic) bond motifs is 1. The number of benzene rings is 2. The smallest absolute Gasteiger partial charge is 0.277 e. The predicted octanol–water partition coefficient (Wildman–Crippen LogP) is 2.81. The second kappa shape index (κ2) is 9.33. The molecule has 0 unspecified atom stereocenters. The molecular weight excluding hydrogens is 435 g/mol. The Morgan fingerprint density at radius 3 is 2.50 bits per heavy atom. The van der Waals surface area contributed by atoms with Crippen molar-refractivity contribution in [1.29, 1.82) is 0 Å². The second-order valence-electron chi connectivity index (χ2n) is 7.24. The molecule has 0 bridgehead atoms.